The Labute approximate surface area is 143 Å². The SMILES string of the molecule is CC(C)(C)c1nc2cc(NC(=O)c3ccc(F)cc3Cl)ccc2o1. The van der Waals surface area contributed by atoms with Crippen LogP contribution >= 0.6 is 11.6 Å². The highest BCUT2D eigenvalue weighted by atomic mass is 35.5. The number of carbonyl (C=O) groups excluding carboxylic acids is 1. The molecule has 3 aromatic rings. The van der Waals surface area contributed by atoms with Gasteiger partial charge in [-0.2, -0.15) is 0 Å². The van der Waals surface area contributed by atoms with Crippen LogP contribution in [0.25, 0.3) is 11.1 Å². The smallest absolute Gasteiger partial charge is 0.257 e. The van der Waals surface area contributed by atoms with Crippen LogP contribution in [0.4, 0.5) is 10.1 Å². The molecule has 0 aliphatic carbocycles. The van der Waals surface area contributed by atoms with Gasteiger partial charge in [0, 0.05) is 11.1 Å². The van der Waals surface area contributed by atoms with Gasteiger partial charge >= 0.3 is 0 Å². The predicted molar refractivity (Wildman–Crippen MR) is 92.1 cm³/mol. The van der Waals surface area contributed by atoms with Crippen LogP contribution in [0, 0.1) is 5.82 Å². The Morgan fingerprint density at radius 3 is 2.62 bits per heavy atom. The summed E-state index contributed by atoms with van der Waals surface area (Å²) in [5.74, 6) is -0.281. The first kappa shape index (κ1) is 16.5. The quantitative estimate of drug-likeness (QED) is 0.696. The van der Waals surface area contributed by atoms with Crippen molar-refractivity contribution >= 4 is 34.3 Å². The van der Waals surface area contributed by atoms with Crippen LogP contribution in [-0.2, 0) is 5.41 Å². The van der Waals surface area contributed by atoms with Gasteiger partial charge in [0.1, 0.15) is 11.3 Å². The summed E-state index contributed by atoms with van der Waals surface area (Å²) in [5, 5.41) is 2.79. The minimum absolute atomic E-state index is 0.0602. The summed E-state index contributed by atoms with van der Waals surface area (Å²) in [6, 6.07) is 8.83. The lowest BCUT2D eigenvalue weighted by molar-refractivity contribution is 0.102. The number of rotatable bonds is 2. The fourth-order valence-electron chi connectivity index (χ4n) is 2.20. The molecule has 0 aliphatic heterocycles. The van der Waals surface area contributed by atoms with Gasteiger partial charge in [0.25, 0.3) is 5.91 Å². The van der Waals surface area contributed by atoms with Crippen molar-refractivity contribution in [1.82, 2.24) is 4.98 Å². The number of carbonyl (C=O) groups is 1. The second kappa shape index (κ2) is 5.91. The molecule has 0 saturated heterocycles. The summed E-state index contributed by atoms with van der Waals surface area (Å²) < 4.78 is 18.8. The molecule has 0 radical (unpaired) electrons. The standard InChI is InChI=1S/C18H16ClFN2O2/c1-18(2,3)17-22-14-9-11(5-7-15(14)24-17)21-16(23)12-6-4-10(20)8-13(12)19/h4-9H,1-3H3,(H,21,23). The monoisotopic (exact) mass is 346 g/mol. The van der Waals surface area contributed by atoms with Crippen LogP contribution in [0.2, 0.25) is 5.02 Å². The van der Waals surface area contributed by atoms with Crippen LogP contribution in [0.5, 0.6) is 0 Å². The molecule has 0 bridgehead atoms. The Balaban J connectivity index is 1.88. The summed E-state index contributed by atoms with van der Waals surface area (Å²) in [5.41, 5.74) is 1.86. The fourth-order valence-corrected chi connectivity index (χ4v) is 2.45. The van der Waals surface area contributed by atoms with Gasteiger partial charge in [-0.15, -0.1) is 0 Å². The van der Waals surface area contributed by atoms with Gasteiger partial charge in [-0.05, 0) is 36.4 Å². The molecule has 3 rings (SSSR count). The zero-order chi connectivity index (χ0) is 17.5. The largest absolute Gasteiger partial charge is 0.440 e. The molecule has 0 atom stereocenters. The van der Waals surface area contributed by atoms with E-state index < -0.39 is 11.7 Å². The second-order valence-electron chi connectivity index (χ2n) is 6.53. The first-order valence-electron chi connectivity index (χ1n) is 7.41. The Morgan fingerprint density at radius 2 is 1.96 bits per heavy atom. The topological polar surface area (TPSA) is 55.1 Å². The number of nitrogens with zero attached hydrogens (tertiary/aromatic N) is 1. The zero-order valence-corrected chi connectivity index (χ0v) is 14.2. The molecular formula is C18H16ClFN2O2. The molecule has 1 aromatic heterocycles. The first-order valence-corrected chi connectivity index (χ1v) is 7.79. The van der Waals surface area contributed by atoms with Crippen LogP contribution in [0.1, 0.15) is 37.0 Å². The molecule has 0 aliphatic rings. The molecule has 0 unspecified atom stereocenters. The average Bonchev–Trinajstić information content (AvgIpc) is 2.90. The third-order valence-electron chi connectivity index (χ3n) is 3.46. The highest BCUT2D eigenvalue weighted by molar-refractivity contribution is 6.34. The molecule has 0 saturated carbocycles. The number of hydrogen-bond acceptors (Lipinski definition) is 3. The van der Waals surface area contributed by atoms with Crippen molar-refractivity contribution in [2.45, 2.75) is 26.2 Å². The van der Waals surface area contributed by atoms with E-state index in [1.54, 1.807) is 18.2 Å². The molecule has 124 valence electrons. The number of halogens is 2. The fraction of sp³-hybridized carbons (Fsp3) is 0.222. The molecule has 2 aromatic carbocycles. The summed E-state index contributed by atoms with van der Waals surface area (Å²) in [6.45, 7) is 6.03. The molecule has 6 heteroatoms. The summed E-state index contributed by atoms with van der Waals surface area (Å²) in [7, 11) is 0. The van der Waals surface area contributed by atoms with Crippen LogP contribution in [0.3, 0.4) is 0 Å². The molecule has 4 nitrogen and oxygen atoms in total. The number of benzene rings is 2. The third kappa shape index (κ3) is 3.26. The average molecular weight is 347 g/mol. The lowest BCUT2D eigenvalue weighted by Gasteiger charge is -2.11. The van der Waals surface area contributed by atoms with Gasteiger partial charge in [-0.3, -0.25) is 4.79 Å². The highest BCUT2D eigenvalue weighted by Gasteiger charge is 2.21. The predicted octanol–water partition coefficient (Wildman–Crippen LogP) is 5.17. The van der Waals surface area contributed by atoms with Crippen molar-refractivity contribution in [2.75, 3.05) is 5.32 Å². The summed E-state index contributed by atoms with van der Waals surface area (Å²) in [4.78, 5) is 16.7. The summed E-state index contributed by atoms with van der Waals surface area (Å²) in [6.07, 6.45) is 0. The molecule has 1 heterocycles. The van der Waals surface area contributed by atoms with E-state index >= 15 is 0 Å². The van der Waals surface area contributed by atoms with Crippen molar-refractivity contribution in [3.63, 3.8) is 0 Å². The lowest BCUT2D eigenvalue weighted by atomic mass is 9.97. The minimum Gasteiger partial charge on any atom is -0.440 e. The van der Waals surface area contributed by atoms with Crippen LogP contribution in [-0.4, -0.2) is 10.9 Å². The maximum Gasteiger partial charge on any atom is 0.257 e. The first-order chi connectivity index (χ1) is 11.2. The number of oxazole rings is 1. The number of amides is 1. The number of fused-ring (bicyclic) bond motifs is 1. The molecule has 1 amide bonds. The van der Waals surface area contributed by atoms with E-state index in [0.717, 1.165) is 6.07 Å². The van der Waals surface area contributed by atoms with Gasteiger partial charge in [0.2, 0.25) is 5.89 Å². The molecular weight excluding hydrogens is 331 g/mol. The van der Waals surface area contributed by atoms with E-state index in [0.29, 0.717) is 22.7 Å². The normalized spacial score (nSPS) is 11.7. The Hall–Kier alpha value is -2.40. The van der Waals surface area contributed by atoms with E-state index in [1.165, 1.54) is 12.1 Å². The van der Waals surface area contributed by atoms with Crippen molar-refractivity contribution in [1.29, 1.82) is 0 Å². The van der Waals surface area contributed by atoms with Crippen molar-refractivity contribution < 1.29 is 13.6 Å². The van der Waals surface area contributed by atoms with Crippen molar-refractivity contribution in [3.05, 3.63) is 58.7 Å². The Kier molecular flexibility index (Phi) is 4.05. The molecule has 0 fully saturated rings. The van der Waals surface area contributed by atoms with Crippen molar-refractivity contribution in [3.8, 4) is 0 Å². The second-order valence-corrected chi connectivity index (χ2v) is 6.94. The third-order valence-corrected chi connectivity index (χ3v) is 3.78. The lowest BCUT2D eigenvalue weighted by Crippen LogP contribution is -2.12. The van der Waals surface area contributed by atoms with E-state index in [-0.39, 0.29) is 16.0 Å². The van der Waals surface area contributed by atoms with E-state index in [2.05, 4.69) is 10.3 Å². The van der Waals surface area contributed by atoms with Crippen molar-refractivity contribution in [2.24, 2.45) is 0 Å². The highest BCUT2D eigenvalue weighted by Crippen LogP contribution is 2.27. The van der Waals surface area contributed by atoms with E-state index in [9.17, 15) is 9.18 Å². The zero-order valence-electron chi connectivity index (χ0n) is 13.5. The molecule has 0 spiro atoms. The van der Waals surface area contributed by atoms with Gasteiger partial charge in [0.05, 0.1) is 10.6 Å². The Bertz CT molecular complexity index is 928. The molecule has 1 N–H and O–H groups in total. The van der Waals surface area contributed by atoms with Gasteiger partial charge in [-0.1, -0.05) is 32.4 Å². The number of anilines is 1. The Morgan fingerprint density at radius 1 is 1.21 bits per heavy atom. The van der Waals surface area contributed by atoms with Gasteiger partial charge in [-0.25, -0.2) is 9.37 Å². The minimum atomic E-state index is -0.490. The number of nitrogens with one attached hydrogen (secondary N) is 1. The maximum atomic E-state index is 13.1. The van der Waals surface area contributed by atoms with Crippen LogP contribution < -0.4 is 5.32 Å². The van der Waals surface area contributed by atoms with Gasteiger partial charge in [0.15, 0.2) is 5.58 Å². The molecule has 24 heavy (non-hydrogen) atoms. The van der Waals surface area contributed by atoms with E-state index in [4.69, 9.17) is 16.0 Å². The maximum absolute atomic E-state index is 13.1. The number of aromatic nitrogens is 1. The van der Waals surface area contributed by atoms with E-state index in [1.807, 2.05) is 20.8 Å². The van der Waals surface area contributed by atoms with Crippen LogP contribution in [0.15, 0.2) is 40.8 Å². The van der Waals surface area contributed by atoms with Gasteiger partial charge < -0.3 is 9.73 Å². The summed E-state index contributed by atoms with van der Waals surface area (Å²) >= 11 is 5.91. The number of hydrogen-bond donors (Lipinski definition) is 1.